The second kappa shape index (κ2) is 8.52. The normalized spacial score (nSPS) is 16.1. The fourth-order valence-corrected chi connectivity index (χ4v) is 2.99. The molecule has 150 valence electrons. The SMILES string of the molecule is COc1ccc(/C=C2/C(=O)NC(=O)/C2=C/c2cc(OC)c(OC)c(OC)c2)cc1. The molecule has 0 radical (unpaired) electrons. The Morgan fingerprint density at radius 1 is 0.690 bits per heavy atom. The first-order valence-corrected chi connectivity index (χ1v) is 8.74. The van der Waals surface area contributed by atoms with Crippen molar-refractivity contribution in [3.63, 3.8) is 0 Å². The fraction of sp³-hybridized carbons (Fsp3) is 0.182. The van der Waals surface area contributed by atoms with Crippen molar-refractivity contribution in [1.29, 1.82) is 0 Å². The molecule has 3 rings (SSSR count). The number of carbonyl (C=O) groups excluding carboxylic acids is 2. The van der Waals surface area contributed by atoms with Crippen molar-refractivity contribution in [2.75, 3.05) is 28.4 Å². The van der Waals surface area contributed by atoms with Crippen molar-refractivity contribution in [1.82, 2.24) is 5.32 Å². The van der Waals surface area contributed by atoms with Gasteiger partial charge in [0.15, 0.2) is 11.5 Å². The quantitative estimate of drug-likeness (QED) is 0.598. The molecule has 1 aliphatic rings. The number of imide groups is 1. The molecule has 2 aromatic rings. The minimum atomic E-state index is -0.469. The summed E-state index contributed by atoms with van der Waals surface area (Å²) in [5.41, 5.74) is 1.91. The van der Waals surface area contributed by atoms with Gasteiger partial charge < -0.3 is 18.9 Å². The summed E-state index contributed by atoms with van der Waals surface area (Å²) in [6, 6.07) is 10.6. The van der Waals surface area contributed by atoms with Crippen LogP contribution in [-0.2, 0) is 9.59 Å². The van der Waals surface area contributed by atoms with E-state index in [0.717, 1.165) is 5.56 Å². The Labute approximate surface area is 168 Å². The van der Waals surface area contributed by atoms with Crippen molar-refractivity contribution in [2.45, 2.75) is 0 Å². The third-order valence-corrected chi connectivity index (χ3v) is 4.43. The van der Waals surface area contributed by atoms with E-state index < -0.39 is 11.8 Å². The maximum atomic E-state index is 12.4. The Kier molecular flexibility index (Phi) is 5.87. The van der Waals surface area contributed by atoms with Crippen molar-refractivity contribution in [3.05, 3.63) is 58.7 Å². The minimum Gasteiger partial charge on any atom is -0.497 e. The van der Waals surface area contributed by atoms with Crippen LogP contribution in [0.2, 0.25) is 0 Å². The third-order valence-electron chi connectivity index (χ3n) is 4.43. The van der Waals surface area contributed by atoms with E-state index in [0.29, 0.717) is 28.6 Å². The molecule has 1 fully saturated rings. The highest BCUT2D eigenvalue weighted by molar-refractivity contribution is 6.28. The van der Waals surface area contributed by atoms with Gasteiger partial charge in [0.1, 0.15) is 5.75 Å². The average Bonchev–Trinajstić information content (AvgIpc) is 3.00. The monoisotopic (exact) mass is 395 g/mol. The molecular formula is C22H21NO6. The van der Waals surface area contributed by atoms with Gasteiger partial charge in [0.2, 0.25) is 5.75 Å². The maximum Gasteiger partial charge on any atom is 0.258 e. The number of rotatable bonds is 6. The minimum absolute atomic E-state index is 0.250. The molecule has 2 aromatic carbocycles. The predicted octanol–water partition coefficient (Wildman–Crippen LogP) is 2.84. The molecule has 0 aliphatic carbocycles. The molecular weight excluding hydrogens is 374 g/mol. The average molecular weight is 395 g/mol. The van der Waals surface area contributed by atoms with Gasteiger partial charge in [-0.15, -0.1) is 0 Å². The lowest BCUT2D eigenvalue weighted by Crippen LogP contribution is -2.19. The molecule has 0 spiro atoms. The highest BCUT2D eigenvalue weighted by Gasteiger charge is 2.30. The lowest BCUT2D eigenvalue weighted by atomic mass is 10.0. The van der Waals surface area contributed by atoms with E-state index in [9.17, 15) is 9.59 Å². The van der Waals surface area contributed by atoms with Crippen LogP contribution in [0.15, 0.2) is 47.5 Å². The number of methoxy groups -OCH3 is 4. The zero-order chi connectivity index (χ0) is 21.0. The smallest absolute Gasteiger partial charge is 0.258 e. The molecule has 0 atom stereocenters. The van der Waals surface area contributed by atoms with Gasteiger partial charge in [-0.3, -0.25) is 14.9 Å². The van der Waals surface area contributed by atoms with Crippen LogP contribution in [0, 0.1) is 0 Å². The molecule has 0 saturated carbocycles. The van der Waals surface area contributed by atoms with Gasteiger partial charge in [-0.1, -0.05) is 12.1 Å². The lowest BCUT2D eigenvalue weighted by Gasteiger charge is -2.13. The number of hydrogen-bond acceptors (Lipinski definition) is 6. The molecule has 7 heteroatoms. The van der Waals surface area contributed by atoms with Crippen LogP contribution in [0.4, 0.5) is 0 Å². The van der Waals surface area contributed by atoms with Gasteiger partial charge in [-0.25, -0.2) is 0 Å². The molecule has 0 aromatic heterocycles. The summed E-state index contributed by atoms with van der Waals surface area (Å²) in [7, 11) is 6.11. The number of benzene rings is 2. The van der Waals surface area contributed by atoms with E-state index in [-0.39, 0.29) is 11.1 Å². The zero-order valence-corrected chi connectivity index (χ0v) is 16.6. The van der Waals surface area contributed by atoms with Gasteiger partial charge in [-0.05, 0) is 47.5 Å². The summed E-state index contributed by atoms with van der Waals surface area (Å²) < 4.78 is 21.2. The highest BCUT2D eigenvalue weighted by Crippen LogP contribution is 2.39. The first-order chi connectivity index (χ1) is 14.0. The largest absolute Gasteiger partial charge is 0.497 e. The number of ether oxygens (including phenoxy) is 4. The van der Waals surface area contributed by atoms with Crippen molar-refractivity contribution < 1.29 is 28.5 Å². The van der Waals surface area contributed by atoms with E-state index in [2.05, 4.69) is 5.32 Å². The topological polar surface area (TPSA) is 83.1 Å². The van der Waals surface area contributed by atoms with Gasteiger partial charge in [0.25, 0.3) is 11.8 Å². The van der Waals surface area contributed by atoms with Crippen LogP contribution in [0.25, 0.3) is 12.2 Å². The Balaban J connectivity index is 2.07. The van der Waals surface area contributed by atoms with E-state index in [1.807, 2.05) is 0 Å². The van der Waals surface area contributed by atoms with E-state index in [1.54, 1.807) is 55.7 Å². The van der Waals surface area contributed by atoms with Crippen molar-refractivity contribution >= 4 is 24.0 Å². The first-order valence-electron chi connectivity index (χ1n) is 8.74. The van der Waals surface area contributed by atoms with Crippen molar-refractivity contribution in [2.24, 2.45) is 0 Å². The molecule has 0 bridgehead atoms. The third kappa shape index (κ3) is 4.08. The van der Waals surface area contributed by atoms with E-state index >= 15 is 0 Å². The molecule has 0 unspecified atom stereocenters. The summed E-state index contributed by atoms with van der Waals surface area (Å²) >= 11 is 0. The van der Waals surface area contributed by atoms with Crippen LogP contribution in [0.1, 0.15) is 11.1 Å². The summed E-state index contributed by atoms with van der Waals surface area (Å²) in [5, 5.41) is 2.33. The molecule has 7 nitrogen and oxygen atoms in total. The Morgan fingerprint density at radius 3 is 1.66 bits per heavy atom. The Hall–Kier alpha value is -3.74. The molecule has 2 amide bonds. The summed E-state index contributed by atoms with van der Waals surface area (Å²) in [4.78, 5) is 24.7. The number of carbonyl (C=O) groups is 2. The van der Waals surface area contributed by atoms with Crippen LogP contribution in [0.3, 0.4) is 0 Å². The van der Waals surface area contributed by atoms with Crippen LogP contribution in [0.5, 0.6) is 23.0 Å². The first kappa shape index (κ1) is 20.0. The predicted molar refractivity (Wildman–Crippen MR) is 108 cm³/mol. The highest BCUT2D eigenvalue weighted by atomic mass is 16.5. The molecule has 1 saturated heterocycles. The van der Waals surface area contributed by atoms with Crippen LogP contribution in [-0.4, -0.2) is 40.3 Å². The van der Waals surface area contributed by atoms with Gasteiger partial charge in [0, 0.05) is 0 Å². The fourth-order valence-electron chi connectivity index (χ4n) is 2.99. The maximum absolute atomic E-state index is 12.4. The summed E-state index contributed by atoms with van der Waals surface area (Å²) in [5.74, 6) is 1.12. The zero-order valence-electron chi connectivity index (χ0n) is 16.6. The van der Waals surface area contributed by atoms with E-state index in [4.69, 9.17) is 18.9 Å². The van der Waals surface area contributed by atoms with Gasteiger partial charge >= 0.3 is 0 Å². The van der Waals surface area contributed by atoms with Crippen LogP contribution < -0.4 is 24.3 Å². The van der Waals surface area contributed by atoms with Gasteiger partial charge in [0.05, 0.1) is 39.6 Å². The lowest BCUT2D eigenvalue weighted by molar-refractivity contribution is -0.123. The van der Waals surface area contributed by atoms with E-state index in [1.165, 1.54) is 21.3 Å². The summed E-state index contributed by atoms with van der Waals surface area (Å²) in [6.07, 6.45) is 3.27. The molecule has 1 N–H and O–H groups in total. The standard InChI is InChI=1S/C22H21NO6/c1-26-15-7-5-13(6-8-15)9-16-17(22(25)23-21(16)24)10-14-11-18(27-2)20(29-4)19(12-14)28-3/h5-12H,1-4H3,(H,23,24,25)/b16-9+,17-10+. The number of amides is 2. The molecule has 29 heavy (non-hydrogen) atoms. The molecule has 1 heterocycles. The second-order valence-electron chi connectivity index (χ2n) is 6.13. The molecule has 1 aliphatic heterocycles. The van der Waals surface area contributed by atoms with Crippen LogP contribution >= 0.6 is 0 Å². The Morgan fingerprint density at radius 2 is 1.21 bits per heavy atom. The number of nitrogens with one attached hydrogen (secondary N) is 1. The van der Waals surface area contributed by atoms with Crippen molar-refractivity contribution in [3.8, 4) is 23.0 Å². The second-order valence-corrected chi connectivity index (χ2v) is 6.13. The summed E-state index contributed by atoms with van der Waals surface area (Å²) in [6.45, 7) is 0. The Bertz CT molecular complexity index is 979. The van der Waals surface area contributed by atoms with Gasteiger partial charge in [-0.2, -0.15) is 0 Å². The number of hydrogen-bond donors (Lipinski definition) is 1.